The lowest BCUT2D eigenvalue weighted by Gasteiger charge is -2.28. The average molecular weight is 256 g/mol. The van der Waals surface area contributed by atoms with Crippen molar-refractivity contribution in [2.45, 2.75) is 32.2 Å². The fraction of sp³-hybridized carbons (Fsp3) is 0.538. The second-order valence-corrected chi connectivity index (χ2v) is 5.17. The number of phenols is 1. The Morgan fingerprint density at radius 3 is 2.76 bits per heavy atom. The Morgan fingerprint density at radius 1 is 1.53 bits per heavy atom. The van der Waals surface area contributed by atoms with E-state index in [1.165, 1.54) is 0 Å². The molecule has 1 aliphatic heterocycles. The van der Waals surface area contributed by atoms with Gasteiger partial charge in [0.25, 0.3) is 0 Å². The van der Waals surface area contributed by atoms with Crippen LogP contribution in [0.1, 0.15) is 30.9 Å². The first kappa shape index (κ1) is 12.5. The van der Waals surface area contributed by atoms with Crippen molar-refractivity contribution in [1.29, 1.82) is 0 Å². The quantitative estimate of drug-likeness (QED) is 0.854. The van der Waals surface area contributed by atoms with Crippen molar-refractivity contribution in [3.05, 3.63) is 22.2 Å². The summed E-state index contributed by atoms with van der Waals surface area (Å²) in [7, 11) is 1.55. The van der Waals surface area contributed by atoms with Crippen molar-refractivity contribution in [3.63, 3.8) is 0 Å². The minimum atomic E-state index is -0.263. The first-order valence-corrected chi connectivity index (χ1v) is 6.19. The molecule has 0 radical (unpaired) electrons. The lowest BCUT2D eigenvalue weighted by molar-refractivity contribution is 0.350. The minimum absolute atomic E-state index is 0.153. The molecule has 4 heteroatoms. The predicted molar refractivity (Wildman–Crippen MR) is 69.0 cm³/mol. The number of aryl methyl sites for hydroxylation is 1. The molecule has 0 aliphatic carbocycles. The first-order chi connectivity index (χ1) is 7.99. The smallest absolute Gasteiger partial charge is 0.164 e. The van der Waals surface area contributed by atoms with Crippen LogP contribution in [0.3, 0.4) is 0 Å². The molecule has 2 N–H and O–H groups in total. The molecule has 17 heavy (non-hydrogen) atoms. The van der Waals surface area contributed by atoms with E-state index in [-0.39, 0.29) is 11.3 Å². The summed E-state index contributed by atoms with van der Waals surface area (Å²) < 4.78 is 5.19. The van der Waals surface area contributed by atoms with Crippen LogP contribution in [0.25, 0.3) is 0 Å². The molecule has 0 spiro atoms. The van der Waals surface area contributed by atoms with Gasteiger partial charge in [-0.1, -0.05) is 11.6 Å². The van der Waals surface area contributed by atoms with Gasteiger partial charge in [0.1, 0.15) is 0 Å². The molecule has 0 aromatic heterocycles. The van der Waals surface area contributed by atoms with Gasteiger partial charge in [-0.25, -0.2) is 0 Å². The Bertz CT molecular complexity index is 440. The van der Waals surface area contributed by atoms with Gasteiger partial charge in [-0.2, -0.15) is 0 Å². The molecule has 1 unspecified atom stereocenters. The normalized spacial score (nSPS) is 24.0. The Balaban J connectivity index is 2.62. The largest absolute Gasteiger partial charge is 0.504 e. The van der Waals surface area contributed by atoms with E-state index >= 15 is 0 Å². The lowest BCUT2D eigenvalue weighted by atomic mass is 9.88. The summed E-state index contributed by atoms with van der Waals surface area (Å²) in [5.74, 6) is 0.636. The number of hydrogen-bond acceptors (Lipinski definition) is 3. The van der Waals surface area contributed by atoms with Crippen LogP contribution in [0.5, 0.6) is 11.5 Å². The van der Waals surface area contributed by atoms with Crippen LogP contribution < -0.4 is 10.1 Å². The number of hydrogen-bond donors (Lipinski definition) is 2. The number of benzene rings is 1. The van der Waals surface area contributed by atoms with E-state index in [9.17, 15) is 5.11 Å². The van der Waals surface area contributed by atoms with Crippen molar-refractivity contribution in [2.24, 2.45) is 0 Å². The van der Waals surface area contributed by atoms with Gasteiger partial charge in [0.15, 0.2) is 11.5 Å². The molecule has 1 aromatic carbocycles. The highest BCUT2D eigenvalue weighted by molar-refractivity contribution is 6.32. The van der Waals surface area contributed by atoms with Crippen LogP contribution in [0.4, 0.5) is 0 Å². The van der Waals surface area contributed by atoms with Gasteiger partial charge in [0.05, 0.1) is 12.1 Å². The third kappa shape index (κ3) is 1.98. The molecule has 1 aliphatic rings. The SMILES string of the molecule is COc1cc(C)c(Cl)c(C2(C)CCCN2)c1O. The number of rotatable bonds is 2. The van der Waals surface area contributed by atoms with E-state index in [1.807, 2.05) is 6.92 Å². The number of aromatic hydroxyl groups is 1. The van der Waals surface area contributed by atoms with Crippen LogP contribution in [-0.4, -0.2) is 18.8 Å². The highest BCUT2D eigenvalue weighted by Crippen LogP contribution is 2.46. The monoisotopic (exact) mass is 255 g/mol. The zero-order valence-electron chi connectivity index (χ0n) is 10.4. The summed E-state index contributed by atoms with van der Waals surface area (Å²) in [5.41, 5.74) is 1.42. The summed E-state index contributed by atoms with van der Waals surface area (Å²) in [6.07, 6.45) is 2.05. The molecule has 0 amide bonds. The Kier molecular flexibility index (Phi) is 3.23. The maximum absolute atomic E-state index is 10.3. The highest BCUT2D eigenvalue weighted by Gasteiger charge is 2.36. The third-order valence-electron chi connectivity index (χ3n) is 3.52. The van der Waals surface area contributed by atoms with Crippen molar-refractivity contribution >= 4 is 11.6 Å². The van der Waals surface area contributed by atoms with E-state index in [0.29, 0.717) is 10.8 Å². The maximum Gasteiger partial charge on any atom is 0.164 e. The van der Waals surface area contributed by atoms with Crippen LogP contribution in [0, 0.1) is 6.92 Å². The van der Waals surface area contributed by atoms with Crippen molar-refractivity contribution in [1.82, 2.24) is 5.32 Å². The fourth-order valence-electron chi connectivity index (χ4n) is 2.52. The third-order valence-corrected chi connectivity index (χ3v) is 4.01. The summed E-state index contributed by atoms with van der Waals surface area (Å²) >= 11 is 6.34. The molecular weight excluding hydrogens is 238 g/mol. The summed E-state index contributed by atoms with van der Waals surface area (Å²) in [5, 5.41) is 14.3. The van der Waals surface area contributed by atoms with E-state index in [2.05, 4.69) is 12.2 Å². The molecule has 0 saturated carbocycles. The van der Waals surface area contributed by atoms with E-state index in [0.717, 1.165) is 30.5 Å². The van der Waals surface area contributed by atoms with Gasteiger partial charge in [-0.3, -0.25) is 0 Å². The molecule has 3 nitrogen and oxygen atoms in total. The molecule has 0 bridgehead atoms. The molecule has 94 valence electrons. The Morgan fingerprint density at radius 2 is 2.24 bits per heavy atom. The second kappa shape index (κ2) is 4.39. The fourth-order valence-corrected chi connectivity index (χ4v) is 2.87. The number of phenolic OH excluding ortho intramolecular Hbond substituents is 1. The highest BCUT2D eigenvalue weighted by atomic mass is 35.5. The zero-order chi connectivity index (χ0) is 12.6. The van der Waals surface area contributed by atoms with E-state index < -0.39 is 0 Å². The molecular formula is C13H18ClNO2. The maximum atomic E-state index is 10.3. The number of nitrogens with one attached hydrogen (secondary N) is 1. The number of halogens is 1. The predicted octanol–water partition coefficient (Wildman–Crippen LogP) is 2.96. The van der Waals surface area contributed by atoms with Gasteiger partial charge in [0.2, 0.25) is 0 Å². The topological polar surface area (TPSA) is 41.5 Å². The van der Waals surface area contributed by atoms with Crippen molar-refractivity contribution < 1.29 is 9.84 Å². The number of methoxy groups -OCH3 is 1. The first-order valence-electron chi connectivity index (χ1n) is 5.81. The molecule has 1 fully saturated rings. The molecule has 1 saturated heterocycles. The average Bonchev–Trinajstić information content (AvgIpc) is 2.71. The standard InChI is InChI=1S/C13H18ClNO2/c1-8-7-9(17-3)12(16)10(11(8)14)13(2)5-4-6-15-13/h7,15-16H,4-6H2,1-3H3. The van der Waals surface area contributed by atoms with Crippen LogP contribution in [-0.2, 0) is 5.54 Å². The van der Waals surface area contributed by atoms with Crippen LogP contribution in [0.2, 0.25) is 5.02 Å². The Labute approximate surface area is 107 Å². The lowest BCUT2D eigenvalue weighted by Crippen LogP contribution is -2.33. The van der Waals surface area contributed by atoms with E-state index in [1.54, 1.807) is 13.2 Å². The number of ether oxygens (including phenoxy) is 1. The summed E-state index contributed by atoms with van der Waals surface area (Å²) in [6.45, 7) is 4.94. The second-order valence-electron chi connectivity index (χ2n) is 4.80. The van der Waals surface area contributed by atoms with Gasteiger partial charge >= 0.3 is 0 Å². The summed E-state index contributed by atoms with van der Waals surface area (Å²) in [6, 6.07) is 1.76. The molecule has 2 rings (SSSR count). The minimum Gasteiger partial charge on any atom is -0.504 e. The van der Waals surface area contributed by atoms with Gasteiger partial charge < -0.3 is 15.2 Å². The zero-order valence-corrected chi connectivity index (χ0v) is 11.2. The van der Waals surface area contributed by atoms with Crippen molar-refractivity contribution in [3.8, 4) is 11.5 Å². The van der Waals surface area contributed by atoms with E-state index in [4.69, 9.17) is 16.3 Å². The van der Waals surface area contributed by atoms with Crippen molar-refractivity contribution in [2.75, 3.05) is 13.7 Å². The molecule has 1 atom stereocenters. The molecule has 1 aromatic rings. The van der Waals surface area contributed by atoms with Gasteiger partial charge in [-0.05, 0) is 44.9 Å². The van der Waals surface area contributed by atoms with Gasteiger partial charge in [-0.15, -0.1) is 0 Å². The Hall–Kier alpha value is -0.930. The van der Waals surface area contributed by atoms with Gasteiger partial charge in [0, 0.05) is 11.1 Å². The van der Waals surface area contributed by atoms with Crippen LogP contribution in [0.15, 0.2) is 6.07 Å². The molecule has 1 heterocycles. The summed E-state index contributed by atoms with van der Waals surface area (Å²) in [4.78, 5) is 0. The van der Waals surface area contributed by atoms with Crippen LogP contribution >= 0.6 is 11.6 Å².